The Bertz CT molecular complexity index is 1610. The molecule has 0 aliphatic carbocycles. The molecule has 0 amide bonds. The van der Waals surface area contributed by atoms with Crippen molar-refractivity contribution in [2.24, 2.45) is 26.4 Å². The van der Waals surface area contributed by atoms with E-state index in [2.05, 4.69) is 25.6 Å². The van der Waals surface area contributed by atoms with Crippen LogP contribution in [0.15, 0.2) is 63.7 Å². The van der Waals surface area contributed by atoms with Crippen molar-refractivity contribution in [1.82, 2.24) is 5.32 Å². The fourth-order valence-corrected chi connectivity index (χ4v) is 3.79. The van der Waals surface area contributed by atoms with Crippen LogP contribution in [0.5, 0.6) is 11.5 Å². The van der Waals surface area contributed by atoms with Crippen LogP contribution in [0.25, 0.3) is 0 Å². The first-order valence-corrected chi connectivity index (χ1v) is 14.6. The Morgan fingerprint density at radius 3 is 2.49 bits per heavy atom. The SMILES string of the molecule is COc1cc(OCCOC(C)=O)c(F)c([C@@H](Nc2ccc(C(=N)N)cc2)C(N)=NC(=NC2=NCC=CN2)OCOC(=O)OC(C)(C)CF)c1. The van der Waals surface area contributed by atoms with E-state index in [1.165, 1.54) is 40.0 Å². The summed E-state index contributed by atoms with van der Waals surface area (Å²) in [7, 11) is 1.37. The molecular weight excluding hydrogens is 650 g/mol. The van der Waals surface area contributed by atoms with E-state index < -0.39 is 49.1 Å². The zero-order chi connectivity index (χ0) is 36.0. The predicted molar refractivity (Wildman–Crippen MR) is 176 cm³/mol. The van der Waals surface area contributed by atoms with Crippen LogP contribution >= 0.6 is 0 Å². The van der Waals surface area contributed by atoms with Gasteiger partial charge >= 0.3 is 18.1 Å². The Kier molecular flexibility index (Phi) is 13.7. The number of amidine groups is 3. The number of aliphatic imine (C=N–C) groups is 3. The third-order valence-corrected chi connectivity index (χ3v) is 6.19. The topological polar surface area (TPSA) is 227 Å². The van der Waals surface area contributed by atoms with E-state index in [1.54, 1.807) is 36.5 Å². The first-order valence-electron chi connectivity index (χ1n) is 14.6. The fourth-order valence-electron chi connectivity index (χ4n) is 3.79. The summed E-state index contributed by atoms with van der Waals surface area (Å²) in [6.45, 7) is 2.17. The molecule has 0 radical (unpaired) electrons. The zero-order valence-electron chi connectivity index (χ0n) is 27.2. The van der Waals surface area contributed by atoms with Gasteiger partial charge in [0, 0.05) is 36.0 Å². The van der Waals surface area contributed by atoms with Crippen LogP contribution in [-0.4, -0.2) is 81.7 Å². The van der Waals surface area contributed by atoms with Crippen molar-refractivity contribution < 1.29 is 46.8 Å². The number of ether oxygens (including phenoxy) is 6. The number of carbonyl (C=O) groups excluding carboxylic acids is 2. The summed E-state index contributed by atoms with van der Waals surface area (Å²) in [6.07, 6.45) is 2.08. The highest BCUT2D eigenvalue weighted by Crippen LogP contribution is 2.33. The number of hydrogen-bond donors (Lipinski definition) is 5. The van der Waals surface area contributed by atoms with Gasteiger partial charge in [0.05, 0.1) is 13.7 Å². The van der Waals surface area contributed by atoms with Crippen molar-refractivity contribution in [3.63, 3.8) is 0 Å². The van der Waals surface area contributed by atoms with Crippen molar-refractivity contribution in [3.8, 4) is 11.5 Å². The molecule has 0 saturated heterocycles. The van der Waals surface area contributed by atoms with Gasteiger partial charge in [0.15, 0.2) is 11.6 Å². The summed E-state index contributed by atoms with van der Waals surface area (Å²) in [6, 6.07) is 7.24. The van der Waals surface area contributed by atoms with Gasteiger partial charge in [-0.25, -0.2) is 18.6 Å². The second-order valence-electron chi connectivity index (χ2n) is 10.6. The minimum absolute atomic E-state index is 0.0653. The maximum Gasteiger partial charge on any atom is 0.511 e. The standard InChI is InChI=1S/C31H38F2N8O8/c1-18(42)45-12-13-46-23-15-21(44-4)14-22(24(23)33)25(39-20-8-6-19(7-9-20)26(34)35)27(36)40-29(41-28-37-10-5-11-38-28)47-17-48-30(43)49-31(2,3)16-32/h5-10,14-15,25,39H,11-13,16-17H2,1-4H3,(H3,34,35)(H3,36,37,38,40,41)/t25-/m1/s1. The summed E-state index contributed by atoms with van der Waals surface area (Å²) >= 11 is 0. The normalized spacial score (nSPS) is 13.7. The van der Waals surface area contributed by atoms with E-state index in [0.29, 0.717) is 11.3 Å². The van der Waals surface area contributed by atoms with E-state index in [4.69, 9.17) is 45.3 Å². The molecule has 1 aliphatic heterocycles. The number of alkyl halides is 1. The molecular formula is C31H38F2N8O8. The third-order valence-electron chi connectivity index (χ3n) is 6.19. The van der Waals surface area contributed by atoms with E-state index >= 15 is 4.39 Å². The van der Waals surface area contributed by atoms with E-state index in [1.807, 2.05) is 0 Å². The van der Waals surface area contributed by atoms with Gasteiger partial charge in [0.2, 0.25) is 12.8 Å². The number of nitrogens with zero attached hydrogens (tertiary/aromatic N) is 3. The third kappa shape index (κ3) is 12.0. The van der Waals surface area contributed by atoms with E-state index in [-0.39, 0.29) is 54.5 Å². The van der Waals surface area contributed by atoms with Crippen molar-refractivity contribution in [1.29, 1.82) is 5.41 Å². The highest BCUT2D eigenvalue weighted by molar-refractivity contribution is 6.02. The van der Waals surface area contributed by atoms with Crippen LogP contribution in [0, 0.1) is 11.2 Å². The Hall–Kier alpha value is -5.94. The summed E-state index contributed by atoms with van der Waals surface area (Å²) < 4.78 is 60.3. The quantitative estimate of drug-likeness (QED) is 0.0634. The molecule has 0 saturated carbocycles. The molecule has 0 bridgehead atoms. The van der Waals surface area contributed by atoms with Gasteiger partial charge in [-0.2, -0.15) is 9.98 Å². The van der Waals surface area contributed by atoms with Gasteiger partial charge in [0.1, 0.15) is 49.0 Å². The first kappa shape index (κ1) is 37.5. The van der Waals surface area contributed by atoms with Crippen LogP contribution in [0.3, 0.4) is 0 Å². The number of anilines is 1. The number of nitrogen functional groups attached to an aromatic ring is 1. The van der Waals surface area contributed by atoms with E-state index in [0.717, 1.165) is 0 Å². The van der Waals surface area contributed by atoms with Crippen molar-refractivity contribution in [2.45, 2.75) is 32.4 Å². The lowest BCUT2D eigenvalue weighted by Gasteiger charge is -2.23. The molecule has 3 rings (SSSR count). The first-order chi connectivity index (χ1) is 23.3. The number of esters is 1. The number of nitrogens with two attached hydrogens (primary N) is 2. The molecule has 1 aliphatic rings. The molecule has 2 aromatic rings. The lowest BCUT2D eigenvalue weighted by atomic mass is 10.0. The Balaban J connectivity index is 2.03. The van der Waals surface area contributed by atoms with Gasteiger partial charge in [-0.1, -0.05) is 0 Å². The zero-order valence-corrected chi connectivity index (χ0v) is 27.2. The fraction of sp³-hybridized carbons (Fsp3) is 0.355. The van der Waals surface area contributed by atoms with E-state index in [9.17, 15) is 14.0 Å². The monoisotopic (exact) mass is 688 g/mol. The molecule has 1 atom stereocenters. The number of rotatable bonds is 14. The summed E-state index contributed by atoms with van der Waals surface area (Å²) in [4.78, 5) is 35.8. The second kappa shape index (κ2) is 17.8. The number of halogens is 2. The molecule has 18 heteroatoms. The van der Waals surface area contributed by atoms with Gasteiger partial charge in [-0.05, 0) is 50.3 Å². The Morgan fingerprint density at radius 2 is 1.88 bits per heavy atom. The molecule has 1 heterocycles. The summed E-state index contributed by atoms with van der Waals surface area (Å²) in [5.74, 6) is -1.85. The summed E-state index contributed by atoms with van der Waals surface area (Å²) in [5, 5.41) is 13.5. The van der Waals surface area contributed by atoms with Crippen molar-refractivity contribution >= 4 is 41.5 Å². The molecule has 0 unspecified atom stereocenters. The maximum absolute atomic E-state index is 16.1. The molecule has 2 aromatic carbocycles. The number of nitrogens with one attached hydrogen (secondary N) is 3. The molecule has 0 spiro atoms. The largest absolute Gasteiger partial charge is 0.511 e. The highest BCUT2D eigenvalue weighted by atomic mass is 19.1. The van der Waals surface area contributed by atoms with Crippen molar-refractivity contribution in [3.05, 3.63) is 65.6 Å². The molecule has 264 valence electrons. The predicted octanol–water partition coefficient (Wildman–Crippen LogP) is 3.27. The van der Waals surface area contributed by atoms with Crippen LogP contribution < -0.4 is 31.6 Å². The highest BCUT2D eigenvalue weighted by Gasteiger charge is 2.26. The smallest absolute Gasteiger partial charge is 0.497 e. The number of carbonyl (C=O) groups is 2. The average Bonchev–Trinajstić information content (AvgIpc) is 3.06. The lowest BCUT2D eigenvalue weighted by Crippen LogP contribution is -2.32. The Morgan fingerprint density at radius 1 is 1.14 bits per heavy atom. The molecule has 0 fully saturated rings. The maximum atomic E-state index is 16.1. The van der Waals surface area contributed by atoms with Crippen LogP contribution in [-0.2, 0) is 23.7 Å². The number of benzene rings is 2. The van der Waals surface area contributed by atoms with Gasteiger partial charge in [-0.15, -0.1) is 0 Å². The second-order valence-corrected chi connectivity index (χ2v) is 10.6. The number of hydrogen-bond acceptors (Lipinski definition) is 13. The molecule has 0 aromatic heterocycles. The average molecular weight is 689 g/mol. The van der Waals surface area contributed by atoms with Crippen LogP contribution in [0.4, 0.5) is 19.3 Å². The van der Waals surface area contributed by atoms with Crippen LogP contribution in [0.2, 0.25) is 0 Å². The molecule has 7 N–H and O–H groups in total. The van der Waals surface area contributed by atoms with Crippen LogP contribution in [0.1, 0.15) is 37.9 Å². The van der Waals surface area contributed by atoms with Gasteiger partial charge in [-0.3, -0.25) is 10.2 Å². The lowest BCUT2D eigenvalue weighted by molar-refractivity contribution is -0.141. The van der Waals surface area contributed by atoms with Crippen molar-refractivity contribution in [2.75, 3.05) is 45.7 Å². The molecule has 16 nitrogen and oxygen atoms in total. The van der Waals surface area contributed by atoms with Gasteiger partial charge < -0.3 is 50.5 Å². The number of guanidine groups is 1. The minimum Gasteiger partial charge on any atom is -0.497 e. The molecule has 49 heavy (non-hydrogen) atoms. The number of methoxy groups -OCH3 is 1. The van der Waals surface area contributed by atoms with Gasteiger partial charge in [0.25, 0.3) is 0 Å². The minimum atomic E-state index is -1.44. The summed E-state index contributed by atoms with van der Waals surface area (Å²) in [5.41, 5.74) is 11.4. The Labute approximate surface area is 280 Å².